The summed E-state index contributed by atoms with van der Waals surface area (Å²) in [6.07, 6.45) is 1.01. The maximum absolute atomic E-state index is 11.9. The SMILES string of the molecule is NCC1CCC(CNCCCCC(F)(F)F)CC1. The van der Waals surface area contributed by atoms with Gasteiger partial charge in [0.15, 0.2) is 0 Å². The average Bonchev–Trinajstić information content (AvgIpc) is 2.33. The smallest absolute Gasteiger partial charge is 0.330 e. The normalized spacial score (nSPS) is 25.3. The van der Waals surface area contributed by atoms with Gasteiger partial charge in [-0.15, -0.1) is 0 Å². The highest BCUT2D eigenvalue weighted by atomic mass is 19.4. The highest BCUT2D eigenvalue weighted by molar-refractivity contribution is 4.74. The molecule has 0 spiro atoms. The van der Waals surface area contributed by atoms with Crippen LogP contribution in [0.15, 0.2) is 0 Å². The number of rotatable bonds is 7. The fourth-order valence-corrected chi connectivity index (χ4v) is 2.55. The fourth-order valence-electron chi connectivity index (χ4n) is 2.55. The molecule has 0 bridgehead atoms. The number of hydrogen-bond donors (Lipinski definition) is 2. The van der Waals surface area contributed by atoms with Gasteiger partial charge in [0, 0.05) is 6.42 Å². The van der Waals surface area contributed by atoms with Crippen LogP contribution >= 0.6 is 0 Å². The molecule has 1 aliphatic rings. The maximum atomic E-state index is 11.9. The van der Waals surface area contributed by atoms with E-state index in [2.05, 4.69) is 5.32 Å². The Bertz CT molecular complexity index is 211. The van der Waals surface area contributed by atoms with Crippen LogP contribution in [0.1, 0.15) is 44.9 Å². The van der Waals surface area contributed by atoms with Crippen LogP contribution < -0.4 is 11.1 Å². The Hall–Kier alpha value is -0.290. The van der Waals surface area contributed by atoms with Crippen LogP contribution in [-0.2, 0) is 0 Å². The summed E-state index contributed by atoms with van der Waals surface area (Å²) >= 11 is 0. The molecule has 0 aromatic heterocycles. The van der Waals surface area contributed by atoms with Crippen LogP contribution in [0, 0.1) is 11.8 Å². The number of halogens is 3. The van der Waals surface area contributed by atoms with Crippen LogP contribution in [0.3, 0.4) is 0 Å². The zero-order chi connectivity index (χ0) is 13.4. The lowest BCUT2D eigenvalue weighted by Crippen LogP contribution is -2.29. The summed E-state index contributed by atoms with van der Waals surface area (Å²) in [5.74, 6) is 1.38. The molecule has 1 fully saturated rings. The van der Waals surface area contributed by atoms with E-state index in [9.17, 15) is 13.2 Å². The zero-order valence-corrected chi connectivity index (χ0v) is 10.9. The number of unbranched alkanes of at least 4 members (excludes halogenated alkanes) is 1. The standard InChI is InChI=1S/C13H25F3N2/c14-13(15,16)7-1-2-8-18-10-12-5-3-11(9-17)4-6-12/h11-12,18H,1-10,17H2. The molecule has 0 aromatic rings. The molecule has 0 heterocycles. The fraction of sp³-hybridized carbons (Fsp3) is 1.00. The molecule has 0 aromatic carbocycles. The Labute approximate surface area is 107 Å². The van der Waals surface area contributed by atoms with Crippen molar-refractivity contribution in [1.82, 2.24) is 5.32 Å². The summed E-state index contributed by atoms with van der Waals surface area (Å²) in [5, 5.41) is 3.28. The summed E-state index contributed by atoms with van der Waals surface area (Å²) in [6.45, 7) is 2.44. The Morgan fingerprint density at radius 3 is 2.17 bits per heavy atom. The molecule has 0 amide bonds. The van der Waals surface area contributed by atoms with Gasteiger partial charge in [-0.25, -0.2) is 0 Å². The second kappa shape index (κ2) is 8.00. The van der Waals surface area contributed by atoms with Gasteiger partial charge in [-0.3, -0.25) is 0 Å². The quantitative estimate of drug-likeness (QED) is 0.695. The molecule has 108 valence electrons. The van der Waals surface area contributed by atoms with E-state index in [1.807, 2.05) is 0 Å². The minimum atomic E-state index is -4.00. The Morgan fingerprint density at radius 2 is 1.61 bits per heavy atom. The van der Waals surface area contributed by atoms with Crippen molar-refractivity contribution in [2.24, 2.45) is 17.6 Å². The Balaban J connectivity index is 1.93. The van der Waals surface area contributed by atoms with Gasteiger partial charge >= 0.3 is 6.18 Å². The molecule has 3 N–H and O–H groups in total. The van der Waals surface area contributed by atoms with E-state index >= 15 is 0 Å². The van der Waals surface area contributed by atoms with Crippen LogP contribution in [0.2, 0.25) is 0 Å². The molecule has 18 heavy (non-hydrogen) atoms. The van der Waals surface area contributed by atoms with Crippen molar-refractivity contribution in [3.8, 4) is 0 Å². The van der Waals surface area contributed by atoms with Crippen molar-refractivity contribution in [2.75, 3.05) is 19.6 Å². The summed E-state index contributed by atoms with van der Waals surface area (Å²) in [5.41, 5.74) is 5.63. The lowest BCUT2D eigenvalue weighted by Gasteiger charge is -2.27. The first-order chi connectivity index (χ1) is 8.51. The van der Waals surface area contributed by atoms with Crippen LogP contribution in [0.25, 0.3) is 0 Å². The number of hydrogen-bond acceptors (Lipinski definition) is 2. The van der Waals surface area contributed by atoms with Crippen LogP contribution in [0.5, 0.6) is 0 Å². The lowest BCUT2D eigenvalue weighted by atomic mass is 9.82. The molecule has 0 radical (unpaired) electrons. The van der Waals surface area contributed by atoms with Gasteiger partial charge < -0.3 is 11.1 Å². The third-order valence-electron chi connectivity index (χ3n) is 3.80. The first-order valence-corrected chi connectivity index (χ1v) is 6.99. The molecule has 0 unspecified atom stereocenters. The van der Waals surface area contributed by atoms with Crippen molar-refractivity contribution in [3.63, 3.8) is 0 Å². The van der Waals surface area contributed by atoms with E-state index < -0.39 is 12.6 Å². The molecular formula is C13H25F3N2. The maximum Gasteiger partial charge on any atom is 0.389 e. The van der Waals surface area contributed by atoms with Crippen LogP contribution in [0.4, 0.5) is 13.2 Å². The van der Waals surface area contributed by atoms with Gasteiger partial charge in [-0.1, -0.05) is 0 Å². The summed E-state index contributed by atoms with van der Waals surface area (Å²) in [6, 6.07) is 0. The minimum Gasteiger partial charge on any atom is -0.330 e. The van der Waals surface area contributed by atoms with Crippen molar-refractivity contribution in [2.45, 2.75) is 51.1 Å². The molecule has 2 nitrogen and oxygen atoms in total. The third-order valence-corrected chi connectivity index (χ3v) is 3.80. The van der Waals surface area contributed by atoms with E-state index in [1.165, 1.54) is 25.7 Å². The van der Waals surface area contributed by atoms with E-state index in [0.717, 1.165) is 13.1 Å². The Kier molecular flexibility index (Phi) is 7.00. The highest BCUT2D eigenvalue weighted by Crippen LogP contribution is 2.27. The van der Waals surface area contributed by atoms with Crippen molar-refractivity contribution >= 4 is 0 Å². The predicted molar refractivity (Wildman–Crippen MR) is 67.3 cm³/mol. The number of nitrogens with two attached hydrogens (primary N) is 1. The van der Waals surface area contributed by atoms with Gasteiger partial charge in [0.2, 0.25) is 0 Å². The highest BCUT2D eigenvalue weighted by Gasteiger charge is 2.25. The van der Waals surface area contributed by atoms with E-state index in [1.54, 1.807) is 0 Å². The van der Waals surface area contributed by atoms with Crippen molar-refractivity contribution in [3.05, 3.63) is 0 Å². The van der Waals surface area contributed by atoms with Gasteiger partial charge in [0.1, 0.15) is 0 Å². The molecule has 1 aliphatic carbocycles. The van der Waals surface area contributed by atoms with E-state index in [-0.39, 0.29) is 6.42 Å². The van der Waals surface area contributed by atoms with Crippen LogP contribution in [-0.4, -0.2) is 25.8 Å². The zero-order valence-electron chi connectivity index (χ0n) is 10.9. The first-order valence-electron chi connectivity index (χ1n) is 6.99. The second-order valence-electron chi connectivity index (χ2n) is 5.40. The molecule has 5 heteroatoms. The lowest BCUT2D eigenvalue weighted by molar-refractivity contribution is -0.135. The number of alkyl halides is 3. The van der Waals surface area contributed by atoms with Gasteiger partial charge in [0.05, 0.1) is 0 Å². The first kappa shape index (κ1) is 15.8. The second-order valence-corrected chi connectivity index (χ2v) is 5.40. The van der Waals surface area contributed by atoms with Gasteiger partial charge in [0.25, 0.3) is 0 Å². The molecule has 0 aliphatic heterocycles. The van der Waals surface area contributed by atoms with Gasteiger partial charge in [-0.2, -0.15) is 13.2 Å². The van der Waals surface area contributed by atoms with E-state index in [4.69, 9.17) is 5.73 Å². The molecule has 1 rings (SSSR count). The molecule has 1 saturated carbocycles. The van der Waals surface area contributed by atoms with Gasteiger partial charge in [-0.05, 0) is 70.0 Å². The number of nitrogens with one attached hydrogen (secondary N) is 1. The Morgan fingerprint density at radius 1 is 1.00 bits per heavy atom. The van der Waals surface area contributed by atoms with Crippen molar-refractivity contribution in [1.29, 1.82) is 0 Å². The molecular weight excluding hydrogens is 241 g/mol. The van der Waals surface area contributed by atoms with Crippen molar-refractivity contribution < 1.29 is 13.2 Å². The summed E-state index contributed by atoms with van der Waals surface area (Å²) < 4.78 is 35.7. The monoisotopic (exact) mass is 266 g/mol. The predicted octanol–water partition coefficient (Wildman–Crippen LogP) is 3.07. The third kappa shape index (κ3) is 7.21. The summed E-state index contributed by atoms with van der Waals surface area (Å²) in [7, 11) is 0. The average molecular weight is 266 g/mol. The summed E-state index contributed by atoms with van der Waals surface area (Å²) in [4.78, 5) is 0. The largest absolute Gasteiger partial charge is 0.389 e. The molecule has 0 saturated heterocycles. The minimum absolute atomic E-state index is 0.233. The van der Waals surface area contributed by atoms with E-state index in [0.29, 0.717) is 24.8 Å². The topological polar surface area (TPSA) is 38.0 Å². The molecule has 0 atom stereocenters.